The smallest absolute Gasteiger partial charge is 0.270 e. The summed E-state index contributed by atoms with van der Waals surface area (Å²) < 4.78 is 2.27. The number of piperazine rings is 1. The first-order chi connectivity index (χ1) is 16.0. The highest BCUT2D eigenvalue weighted by molar-refractivity contribution is 6.05. The van der Waals surface area contributed by atoms with E-state index in [2.05, 4.69) is 33.5 Å². The van der Waals surface area contributed by atoms with Gasteiger partial charge in [0.1, 0.15) is 5.82 Å². The Kier molecular flexibility index (Phi) is 7.00. The average molecular weight is 451 g/mol. The summed E-state index contributed by atoms with van der Waals surface area (Å²) in [5.74, 6) is 0.652. The van der Waals surface area contributed by atoms with Gasteiger partial charge in [0.05, 0.1) is 22.5 Å². The van der Waals surface area contributed by atoms with Crippen molar-refractivity contribution in [2.24, 2.45) is 0 Å². The van der Waals surface area contributed by atoms with E-state index in [1.54, 1.807) is 6.07 Å². The molecule has 0 atom stereocenters. The molecule has 0 radical (unpaired) electrons. The summed E-state index contributed by atoms with van der Waals surface area (Å²) in [7, 11) is 0. The van der Waals surface area contributed by atoms with Gasteiger partial charge in [-0.05, 0) is 37.2 Å². The number of carbonyl (C=O) groups is 1. The molecule has 1 aromatic heterocycles. The van der Waals surface area contributed by atoms with Crippen LogP contribution >= 0.6 is 0 Å². The Balaban J connectivity index is 1.54. The number of fused-ring (bicyclic) bond motifs is 1. The lowest BCUT2D eigenvalue weighted by Crippen LogP contribution is -2.45. The number of non-ortho nitro benzene ring substituents is 1. The summed E-state index contributed by atoms with van der Waals surface area (Å²) in [5, 5.41) is 13.8. The summed E-state index contributed by atoms with van der Waals surface area (Å²) >= 11 is 0. The Hall–Kier alpha value is -3.30. The van der Waals surface area contributed by atoms with Crippen LogP contribution in [0.3, 0.4) is 0 Å². The minimum Gasteiger partial charge on any atom is -0.327 e. The van der Waals surface area contributed by atoms with Crippen molar-refractivity contribution in [3.8, 4) is 0 Å². The maximum absolute atomic E-state index is 12.6. The van der Waals surface area contributed by atoms with E-state index in [4.69, 9.17) is 4.98 Å². The van der Waals surface area contributed by atoms with Crippen LogP contribution in [0.1, 0.15) is 36.5 Å². The number of carbonyl (C=O) groups excluding carboxylic acids is 1. The van der Waals surface area contributed by atoms with Gasteiger partial charge < -0.3 is 14.8 Å². The molecule has 2 aromatic carbocycles. The van der Waals surface area contributed by atoms with E-state index in [0.29, 0.717) is 5.69 Å². The number of aryl methyl sites for hydroxylation is 1. The molecule has 0 aliphatic carbocycles. The molecule has 1 N–H and O–H groups in total. The molecule has 1 aliphatic heterocycles. The summed E-state index contributed by atoms with van der Waals surface area (Å²) in [5.41, 5.74) is 2.63. The zero-order valence-electron chi connectivity index (χ0n) is 19.2. The number of nitro benzene ring substituents is 1. The van der Waals surface area contributed by atoms with Crippen molar-refractivity contribution in [2.75, 3.05) is 38.0 Å². The third-order valence-electron chi connectivity index (χ3n) is 6.13. The van der Waals surface area contributed by atoms with Crippen LogP contribution in [0.5, 0.6) is 0 Å². The van der Waals surface area contributed by atoms with E-state index in [0.717, 1.165) is 69.1 Å². The molecule has 33 heavy (non-hydrogen) atoms. The van der Waals surface area contributed by atoms with Crippen LogP contribution < -0.4 is 5.32 Å². The molecule has 1 aliphatic rings. The highest BCUT2D eigenvalue weighted by atomic mass is 16.6. The molecule has 0 saturated carbocycles. The van der Waals surface area contributed by atoms with Crippen molar-refractivity contribution in [1.29, 1.82) is 0 Å². The lowest BCUT2D eigenvalue weighted by atomic mass is 10.2. The quantitative estimate of drug-likeness (QED) is 0.415. The van der Waals surface area contributed by atoms with Gasteiger partial charge in [0.15, 0.2) is 0 Å². The van der Waals surface area contributed by atoms with Gasteiger partial charge in [0.2, 0.25) is 0 Å². The minimum atomic E-state index is -0.507. The second-order valence-electron chi connectivity index (χ2n) is 8.36. The Morgan fingerprint density at radius 2 is 1.85 bits per heavy atom. The number of likely N-dealkylation sites (N-methyl/N-ethyl adjacent to an activating group) is 1. The Morgan fingerprint density at radius 1 is 1.09 bits per heavy atom. The normalized spacial score (nSPS) is 15.1. The summed E-state index contributed by atoms with van der Waals surface area (Å²) in [6, 6.07) is 11.4. The van der Waals surface area contributed by atoms with Crippen LogP contribution in [0.2, 0.25) is 0 Å². The first kappa shape index (κ1) is 22.9. The summed E-state index contributed by atoms with van der Waals surface area (Å²) in [6.45, 7) is 11.4. The Bertz CT molecular complexity index is 1150. The molecule has 1 fully saturated rings. The average Bonchev–Trinajstić information content (AvgIpc) is 3.16. The van der Waals surface area contributed by atoms with Crippen molar-refractivity contribution >= 4 is 28.3 Å². The number of nitro groups is 1. The highest BCUT2D eigenvalue weighted by Gasteiger charge is 2.19. The van der Waals surface area contributed by atoms with Crippen molar-refractivity contribution in [1.82, 2.24) is 19.4 Å². The van der Waals surface area contributed by atoms with E-state index in [1.165, 1.54) is 18.2 Å². The molecule has 0 bridgehead atoms. The predicted octanol–water partition coefficient (Wildman–Crippen LogP) is 3.74. The van der Waals surface area contributed by atoms with Gasteiger partial charge in [-0.15, -0.1) is 0 Å². The fraction of sp³-hybridized carbons (Fsp3) is 0.417. The first-order valence-electron chi connectivity index (χ1n) is 11.5. The largest absolute Gasteiger partial charge is 0.327 e. The van der Waals surface area contributed by atoms with Gasteiger partial charge in [-0.25, -0.2) is 4.98 Å². The number of aromatic nitrogens is 2. The van der Waals surface area contributed by atoms with E-state index in [9.17, 15) is 14.9 Å². The lowest BCUT2D eigenvalue weighted by molar-refractivity contribution is -0.384. The lowest BCUT2D eigenvalue weighted by Gasteiger charge is -2.33. The monoisotopic (exact) mass is 450 g/mol. The predicted molar refractivity (Wildman–Crippen MR) is 128 cm³/mol. The number of amides is 1. The zero-order valence-corrected chi connectivity index (χ0v) is 19.2. The highest BCUT2D eigenvalue weighted by Crippen LogP contribution is 2.23. The van der Waals surface area contributed by atoms with Gasteiger partial charge in [-0.1, -0.05) is 19.9 Å². The molecule has 9 nitrogen and oxygen atoms in total. The SMILES string of the molecule is CCCn1c(CN2CCN(CC)CC2)nc2cc(NC(=O)c3cccc([N+](=O)[O-])c3)ccc21. The van der Waals surface area contributed by atoms with Crippen LogP contribution in [-0.4, -0.2) is 62.9 Å². The zero-order chi connectivity index (χ0) is 23.4. The van der Waals surface area contributed by atoms with Gasteiger partial charge in [-0.2, -0.15) is 0 Å². The second-order valence-corrected chi connectivity index (χ2v) is 8.36. The van der Waals surface area contributed by atoms with Crippen LogP contribution in [0.25, 0.3) is 11.0 Å². The van der Waals surface area contributed by atoms with E-state index in [-0.39, 0.29) is 17.2 Å². The molecule has 9 heteroatoms. The number of anilines is 1. The van der Waals surface area contributed by atoms with Crippen molar-refractivity contribution in [2.45, 2.75) is 33.4 Å². The minimum absolute atomic E-state index is 0.110. The van der Waals surface area contributed by atoms with Gasteiger partial charge in [0.25, 0.3) is 11.6 Å². The molecular weight excluding hydrogens is 420 g/mol. The molecule has 1 saturated heterocycles. The fourth-order valence-electron chi connectivity index (χ4n) is 4.28. The third kappa shape index (κ3) is 5.20. The third-order valence-corrected chi connectivity index (χ3v) is 6.13. The van der Waals surface area contributed by atoms with Crippen molar-refractivity contribution < 1.29 is 9.72 Å². The maximum Gasteiger partial charge on any atom is 0.270 e. The van der Waals surface area contributed by atoms with Crippen molar-refractivity contribution in [3.63, 3.8) is 0 Å². The number of hydrogen-bond acceptors (Lipinski definition) is 6. The molecule has 2 heterocycles. The number of nitrogens with zero attached hydrogens (tertiary/aromatic N) is 5. The first-order valence-corrected chi connectivity index (χ1v) is 11.5. The molecule has 4 rings (SSSR count). The van der Waals surface area contributed by atoms with E-state index < -0.39 is 4.92 Å². The van der Waals surface area contributed by atoms with Crippen LogP contribution in [-0.2, 0) is 13.1 Å². The fourth-order valence-corrected chi connectivity index (χ4v) is 4.28. The van der Waals surface area contributed by atoms with Crippen LogP contribution in [0.15, 0.2) is 42.5 Å². The summed E-state index contributed by atoms with van der Waals surface area (Å²) in [4.78, 5) is 33.0. The molecule has 3 aromatic rings. The van der Waals surface area contributed by atoms with E-state index in [1.807, 2.05) is 18.2 Å². The summed E-state index contributed by atoms with van der Waals surface area (Å²) in [6.07, 6.45) is 1.01. The number of hydrogen-bond donors (Lipinski definition) is 1. The number of rotatable bonds is 8. The standard InChI is InChI=1S/C24H30N6O3/c1-3-10-29-22-9-8-19(25-24(31)18-6-5-7-20(15-18)30(32)33)16-21(22)26-23(29)17-28-13-11-27(4-2)12-14-28/h5-9,15-16H,3-4,10-14,17H2,1-2H3,(H,25,31). The van der Waals surface area contributed by atoms with Crippen LogP contribution in [0.4, 0.5) is 11.4 Å². The van der Waals surface area contributed by atoms with E-state index >= 15 is 0 Å². The van der Waals surface area contributed by atoms with Gasteiger partial charge >= 0.3 is 0 Å². The molecular formula is C24H30N6O3. The Morgan fingerprint density at radius 3 is 2.55 bits per heavy atom. The van der Waals surface area contributed by atoms with Crippen LogP contribution in [0, 0.1) is 10.1 Å². The molecule has 1 amide bonds. The topological polar surface area (TPSA) is 96.5 Å². The Labute approximate surface area is 193 Å². The number of benzene rings is 2. The van der Waals surface area contributed by atoms with Gasteiger partial charge in [0, 0.05) is 56.1 Å². The van der Waals surface area contributed by atoms with Gasteiger partial charge in [-0.3, -0.25) is 19.8 Å². The maximum atomic E-state index is 12.6. The molecule has 0 spiro atoms. The molecule has 0 unspecified atom stereocenters. The van der Waals surface area contributed by atoms with Crippen molar-refractivity contribution in [3.05, 3.63) is 64.0 Å². The second kappa shape index (κ2) is 10.1. The number of imidazole rings is 1. The molecule has 174 valence electrons. The number of nitrogens with one attached hydrogen (secondary N) is 1.